The molecule has 2 rings (SSSR count). The van der Waals surface area contributed by atoms with Crippen molar-refractivity contribution in [1.82, 2.24) is 10.2 Å². The summed E-state index contributed by atoms with van der Waals surface area (Å²) in [6, 6.07) is 4.21. The molecule has 0 bridgehead atoms. The Labute approximate surface area is 156 Å². The molecule has 0 saturated carbocycles. The summed E-state index contributed by atoms with van der Waals surface area (Å²) in [5.41, 5.74) is 0.396. The van der Waals surface area contributed by atoms with Crippen LogP contribution in [0.25, 0.3) is 0 Å². The van der Waals surface area contributed by atoms with Gasteiger partial charge in [-0.1, -0.05) is 6.92 Å². The molecule has 0 unspecified atom stereocenters. The number of alkyl halides is 2. The van der Waals surface area contributed by atoms with Crippen molar-refractivity contribution < 1.29 is 33.0 Å². The standard InChI is InChI=1S/C18H24F2N2O5/c1-2-9-26-14-4-3-13(15(10-14)27-17(19)20)11-21-18(25)22-7-5-12(6-8-22)16(23)24/h3-4,10,12,17H,2,5-9,11H2,1H3,(H,21,25)(H,23,24). The maximum Gasteiger partial charge on any atom is 0.387 e. The molecule has 27 heavy (non-hydrogen) atoms. The summed E-state index contributed by atoms with van der Waals surface area (Å²) in [5, 5.41) is 11.7. The molecule has 1 aromatic carbocycles. The van der Waals surface area contributed by atoms with Crippen LogP contribution in [0.15, 0.2) is 18.2 Å². The van der Waals surface area contributed by atoms with Gasteiger partial charge < -0.3 is 24.8 Å². The number of hydrogen-bond acceptors (Lipinski definition) is 4. The van der Waals surface area contributed by atoms with E-state index in [1.807, 2.05) is 6.92 Å². The van der Waals surface area contributed by atoms with Crippen LogP contribution < -0.4 is 14.8 Å². The zero-order valence-electron chi connectivity index (χ0n) is 15.1. The van der Waals surface area contributed by atoms with Gasteiger partial charge in [-0.2, -0.15) is 8.78 Å². The fraction of sp³-hybridized carbons (Fsp3) is 0.556. The summed E-state index contributed by atoms with van der Waals surface area (Å²) in [4.78, 5) is 24.7. The molecule has 1 saturated heterocycles. The number of carboxylic acids is 1. The van der Waals surface area contributed by atoms with E-state index in [0.29, 0.717) is 43.9 Å². The van der Waals surface area contributed by atoms with Crippen molar-refractivity contribution in [2.75, 3.05) is 19.7 Å². The van der Waals surface area contributed by atoms with Crippen LogP contribution in [0, 0.1) is 5.92 Å². The number of carboxylic acid groups (broad SMARTS) is 1. The van der Waals surface area contributed by atoms with E-state index in [1.54, 1.807) is 12.1 Å². The molecule has 1 aliphatic rings. The Morgan fingerprint density at radius 3 is 2.63 bits per heavy atom. The normalized spacial score (nSPS) is 14.9. The van der Waals surface area contributed by atoms with Crippen molar-refractivity contribution in [3.05, 3.63) is 23.8 Å². The lowest BCUT2D eigenvalue weighted by Crippen LogP contribution is -2.45. The second kappa shape index (κ2) is 9.94. The van der Waals surface area contributed by atoms with Crippen LogP contribution >= 0.6 is 0 Å². The molecule has 0 aliphatic carbocycles. The lowest BCUT2D eigenvalue weighted by Gasteiger charge is -2.30. The predicted octanol–water partition coefficient (Wildman–Crippen LogP) is 3.08. The highest BCUT2D eigenvalue weighted by Crippen LogP contribution is 2.27. The van der Waals surface area contributed by atoms with E-state index in [2.05, 4.69) is 10.1 Å². The fourth-order valence-electron chi connectivity index (χ4n) is 2.81. The highest BCUT2D eigenvalue weighted by molar-refractivity contribution is 5.75. The number of aliphatic carboxylic acids is 1. The number of likely N-dealkylation sites (tertiary alicyclic amines) is 1. The summed E-state index contributed by atoms with van der Waals surface area (Å²) in [7, 11) is 0. The number of carbonyl (C=O) groups is 2. The summed E-state index contributed by atoms with van der Waals surface area (Å²) >= 11 is 0. The minimum absolute atomic E-state index is 0.00774. The van der Waals surface area contributed by atoms with Gasteiger partial charge >= 0.3 is 18.6 Å². The molecule has 0 spiro atoms. The maximum atomic E-state index is 12.7. The predicted molar refractivity (Wildman–Crippen MR) is 93.0 cm³/mol. The molecular formula is C18H24F2N2O5. The van der Waals surface area contributed by atoms with Crippen LogP contribution in [0.1, 0.15) is 31.7 Å². The highest BCUT2D eigenvalue weighted by atomic mass is 19.3. The number of hydrogen-bond donors (Lipinski definition) is 2. The Bertz CT molecular complexity index is 649. The van der Waals surface area contributed by atoms with Crippen LogP contribution in [-0.4, -0.2) is 48.3 Å². The number of ether oxygens (including phenoxy) is 2. The van der Waals surface area contributed by atoms with Gasteiger partial charge in [0, 0.05) is 31.3 Å². The van der Waals surface area contributed by atoms with E-state index in [-0.39, 0.29) is 18.3 Å². The van der Waals surface area contributed by atoms with E-state index in [9.17, 15) is 18.4 Å². The zero-order valence-corrected chi connectivity index (χ0v) is 15.1. The molecule has 1 aliphatic heterocycles. The molecule has 2 N–H and O–H groups in total. The molecule has 150 valence electrons. The molecular weight excluding hydrogens is 362 g/mol. The van der Waals surface area contributed by atoms with E-state index < -0.39 is 18.5 Å². The van der Waals surface area contributed by atoms with Crippen LogP contribution in [0.4, 0.5) is 13.6 Å². The van der Waals surface area contributed by atoms with Gasteiger partial charge in [-0.3, -0.25) is 4.79 Å². The first-order valence-corrected chi connectivity index (χ1v) is 8.86. The van der Waals surface area contributed by atoms with Gasteiger partial charge in [0.15, 0.2) is 0 Å². The molecule has 2 amide bonds. The monoisotopic (exact) mass is 386 g/mol. The molecule has 7 nitrogen and oxygen atoms in total. The fourth-order valence-corrected chi connectivity index (χ4v) is 2.81. The Hall–Kier alpha value is -2.58. The number of rotatable bonds is 8. The smallest absolute Gasteiger partial charge is 0.387 e. The number of urea groups is 1. The van der Waals surface area contributed by atoms with Gasteiger partial charge in [-0.25, -0.2) is 4.79 Å². The van der Waals surface area contributed by atoms with Crippen LogP contribution in [0.3, 0.4) is 0 Å². The van der Waals surface area contributed by atoms with Gasteiger partial charge in [0.1, 0.15) is 11.5 Å². The Balaban J connectivity index is 1.95. The molecule has 1 fully saturated rings. The van der Waals surface area contributed by atoms with Gasteiger partial charge in [0.05, 0.1) is 12.5 Å². The van der Waals surface area contributed by atoms with Crippen molar-refractivity contribution in [3.63, 3.8) is 0 Å². The third kappa shape index (κ3) is 6.26. The number of benzene rings is 1. The summed E-state index contributed by atoms with van der Waals surface area (Å²) in [6.45, 7) is 0.0835. The zero-order chi connectivity index (χ0) is 19.8. The number of nitrogens with one attached hydrogen (secondary N) is 1. The quantitative estimate of drug-likeness (QED) is 0.717. The van der Waals surface area contributed by atoms with Crippen molar-refractivity contribution in [3.8, 4) is 11.5 Å². The van der Waals surface area contributed by atoms with Gasteiger partial charge in [0.2, 0.25) is 0 Å². The molecule has 0 atom stereocenters. The van der Waals surface area contributed by atoms with Crippen LogP contribution in [0.2, 0.25) is 0 Å². The average molecular weight is 386 g/mol. The molecule has 9 heteroatoms. The Morgan fingerprint density at radius 1 is 1.33 bits per heavy atom. The Morgan fingerprint density at radius 2 is 2.04 bits per heavy atom. The van der Waals surface area contributed by atoms with Crippen molar-refractivity contribution >= 4 is 12.0 Å². The first-order valence-electron chi connectivity index (χ1n) is 8.86. The molecule has 0 aromatic heterocycles. The van der Waals surface area contributed by atoms with E-state index in [1.165, 1.54) is 11.0 Å². The van der Waals surface area contributed by atoms with Crippen LogP contribution in [-0.2, 0) is 11.3 Å². The summed E-state index contributed by atoms with van der Waals surface area (Å²) in [6.07, 6.45) is 1.57. The van der Waals surface area contributed by atoms with Gasteiger partial charge in [-0.15, -0.1) is 0 Å². The van der Waals surface area contributed by atoms with Crippen LogP contribution in [0.5, 0.6) is 11.5 Å². The number of halogens is 2. The lowest BCUT2D eigenvalue weighted by atomic mass is 9.97. The first kappa shape index (κ1) is 20.7. The van der Waals surface area contributed by atoms with Crippen molar-refractivity contribution in [1.29, 1.82) is 0 Å². The number of amides is 2. The molecule has 1 aromatic rings. The van der Waals surface area contributed by atoms with Gasteiger partial charge in [-0.05, 0) is 31.4 Å². The summed E-state index contributed by atoms with van der Waals surface area (Å²) < 4.78 is 35.3. The van der Waals surface area contributed by atoms with E-state index in [0.717, 1.165) is 6.42 Å². The SMILES string of the molecule is CCCOc1ccc(CNC(=O)N2CCC(C(=O)O)CC2)c(OC(F)F)c1. The first-order chi connectivity index (χ1) is 12.9. The minimum Gasteiger partial charge on any atom is -0.493 e. The topological polar surface area (TPSA) is 88.1 Å². The number of nitrogens with zero attached hydrogens (tertiary/aromatic N) is 1. The Kier molecular flexibility index (Phi) is 7.63. The largest absolute Gasteiger partial charge is 0.493 e. The van der Waals surface area contributed by atoms with E-state index in [4.69, 9.17) is 9.84 Å². The second-order valence-electron chi connectivity index (χ2n) is 6.25. The van der Waals surface area contributed by atoms with Crippen molar-refractivity contribution in [2.24, 2.45) is 5.92 Å². The number of carbonyl (C=O) groups excluding carboxylic acids is 1. The van der Waals surface area contributed by atoms with Crippen molar-refractivity contribution in [2.45, 2.75) is 39.3 Å². The summed E-state index contributed by atoms with van der Waals surface area (Å²) in [5.74, 6) is -0.924. The second-order valence-corrected chi connectivity index (χ2v) is 6.25. The molecule has 0 radical (unpaired) electrons. The third-order valence-corrected chi connectivity index (χ3v) is 4.29. The highest BCUT2D eigenvalue weighted by Gasteiger charge is 2.27. The third-order valence-electron chi connectivity index (χ3n) is 4.29. The van der Waals surface area contributed by atoms with E-state index >= 15 is 0 Å². The van der Waals surface area contributed by atoms with Gasteiger partial charge in [0.25, 0.3) is 0 Å². The maximum absolute atomic E-state index is 12.7. The molecule has 1 heterocycles. The minimum atomic E-state index is -2.99. The number of piperidine rings is 1. The average Bonchev–Trinajstić information content (AvgIpc) is 2.65. The lowest BCUT2D eigenvalue weighted by molar-refractivity contribution is -0.143.